The van der Waals surface area contributed by atoms with E-state index >= 15 is 0 Å². The van der Waals surface area contributed by atoms with Crippen LogP contribution < -0.4 is 10.2 Å². The average molecular weight is 230 g/mol. The average Bonchev–Trinajstić information content (AvgIpc) is 2.78. The summed E-state index contributed by atoms with van der Waals surface area (Å²) in [4.78, 5) is 25.0. The second-order valence-electron chi connectivity index (χ2n) is 3.83. The summed E-state index contributed by atoms with van der Waals surface area (Å²) in [6, 6.07) is 7.64. The summed E-state index contributed by atoms with van der Waals surface area (Å²) in [6.07, 6.45) is 2.35. The number of anilines is 1. The van der Waals surface area contributed by atoms with Gasteiger partial charge in [-0.15, -0.1) is 6.58 Å². The molecule has 1 heterocycles. The van der Waals surface area contributed by atoms with Crippen molar-refractivity contribution in [2.75, 3.05) is 18.0 Å². The first-order chi connectivity index (χ1) is 8.24. The van der Waals surface area contributed by atoms with Gasteiger partial charge in [0.1, 0.15) is 0 Å². The van der Waals surface area contributed by atoms with Crippen LogP contribution in [0.4, 0.5) is 5.69 Å². The third-order valence-corrected chi connectivity index (χ3v) is 2.73. The molecule has 1 aromatic carbocycles. The standard InChI is InChI=1S/C13H14N2O2/c1-2-8-14-12(16)13(17)15-9-7-10-5-3-4-6-11(10)15/h2-6H,1,7-9H2,(H,14,16). The normalized spacial score (nSPS) is 13.1. The van der Waals surface area contributed by atoms with Gasteiger partial charge in [0, 0.05) is 18.8 Å². The minimum atomic E-state index is -0.582. The SMILES string of the molecule is C=CCNC(=O)C(=O)N1CCc2ccccc21. The summed E-state index contributed by atoms with van der Waals surface area (Å²) in [5.74, 6) is -1.08. The van der Waals surface area contributed by atoms with Crippen LogP contribution in [0.1, 0.15) is 5.56 Å². The molecule has 1 aliphatic heterocycles. The minimum Gasteiger partial charge on any atom is -0.344 e. The van der Waals surface area contributed by atoms with Gasteiger partial charge in [-0.05, 0) is 18.1 Å². The van der Waals surface area contributed by atoms with E-state index in [2.05, 4.69) is 11.9 Å². The molecule has 0 bridgehead atoms. The van der Waals surface area contributed by atoms with Crippen LogP contribution in [-0.2, 0) is 16.0 Å². The molecule has 4 nitrogen and oxygen atoms in total. The van der Waals surface area contributed by atoms with Gasteiger partial charge in [-0.2, -0.15) is 0 Å². The first-order valence-electron chi connectivity index (χ1n) is 5.52. The van der Waals surface area contributed by atoms with Crippen molar-refractivity contribution in [3.05, 3.63) is 42.5 Å². The maximum Gasteiger partial charge on any atom is 0.316 e. The number of carbonyl (C=O) groups is 2. The maximum absolute atomic E-state index is 11.9. The summed E-state index contributed by atoms with van der Waals surface area (Å²) < 4.78 is 0. The molecule has 0 radical (unpaired) electrons. The lowest BCUT2D eigenvalue weighted by molar-refractivity contribution is -0.137. The van der Waals surface area contributed by atoms with E-state index < -0.39 is 11.8 Å². The fraction of sp³-hybridized carbons (Fsp3) is 0.231. The number of amides is 2. The van der Waals surface area contributed by atoms with Crippen LogP contribution in [0.5, 0.6) is 0 Å². The third kappa shape index (κ3) is 2.20. The summed E-state index contributed by atoms with van der Waals surface area (Å²) >= 11 is 0. The molecule has 88 valence electrons. The van der Waals surface area contributed by atoms with Crippen molar-refractivity contribution in [3.8, 4) is 0 Å². The number of para-hydroxylation sites is 1. The van der Waals surface area contributed by atoms with Crippen molar-refractivity contribution in [2.24, 2.45) is 0 Å². The molecule has 2 rings (SSSR count). The topological polar surface area (TPSA) is 49.4 Å². The molecule has 0 fully saturated rings. The molecule has 1 N–H and O–H groups in total. The van der Waals surface area contributed by atoms with Crippen LogP contribution in [-0.4, -0.2) is 24.9 Å². The van der Waals surface area contributed by atoms with E-state index in [9.17, 15) is 9.59 Å². The van der Waals surface area contributed by atoms with Crippen LogP contribution in [0.3, 0.4) is 0 Å². The Morgan fingerprint density at radius 1 is 1.41 bits per heavy atom. The number of nitrogens with zero attached hydrogens (tertiary/aromatic N) is 1. The zero-order valence-electron chi connectivity index (χ0n) is 9.48. The van der Waals surface area contributed by atoms with Crippen molar-refractivity contribution < 1.29 is 9.59 Å². The van der Waals surface area contributed by atoms with E-state index in [4.69, 9.17) is 0 Å². The molecular formula is C13H14N2O2. The zero-order chi connectivity index (χ0) is 12.3. The molecular weight excluding hydrogens is 216 g/mol. The Balaban J connectivity index is 2.12. The van der Waals surface area contributed by atoms with Crippen LogP contribution in [0.15, 0.2) is 36.9 Å². The highest BCUT2D eigenvalue weighted by Crippen LogP contribution is 2.27. The predicted molar refractivity (Wildman–Crippen MR) is 65.7 cm³/mol. The van der Waals surface area contributed by atoms with E-state index in [0.717, 1.165) is 17.7 Å². The van der Waals surface area contributed by atoms with E-state index in [1.54, 1.807) is 6.08 Å². The molecule has 1 aromatic rings. The summed E-state index contributed by atoms with van der Waals surface area (Å²) in [5, 5.41) is 2.49. The van der Waals surface area contributed by atoms with Gasteiger partial charge in [-0.1, -0.05) is 24.3 Å². The minimum absolute atomic E-state index is 0.306. The van der Waals surface area contributed by atoms with Crippen molar-refractivity contribution in [1.82, 2.24) is 5.32 Å². The Labute approximate surface area is 99.9 Å². The van der Waals surface area contributed by atoms with Crippen molar-refractivity contribution in [2.45, 2.75) is 6.42 Å². The first-order valence-corrected chi connectivity index (χ1v) is 5.52. The molecule has 0 atom stereocenters. The van der Waals surface area contributed by atoms with Gasteiger partial charge in [0.25, 0.3) is 0 Å². The fourth-order valence-electron chi connectivity index (χ4n) is 1.91. The van der Waals surface area contributed by atoms with Gasteiger partial charge in [0.15, 0.2) is 0 Å². The predicted octanol–water partition coefficient (Wildman–Crippen LogP) is 0.878. The molecule has 0 aliphatic carbocycles. The Morgan fingerprint density at radius 3 is 2.94 bits per heavy atom. The highest BCUT2D eigenvalue weighted by molar-refractivity contribution is 6.40. The molecule has 0 saturated heterocycles. The van der Waals surface area contributed by atoms with E-state index in [0.29, 0.717) is 13.1 Å². The van der Waals surface area contributed by atoms with Gasteiger partial charge in [0.2, 0.25) is 0 Å². The number of hydrogen-bond donors (Lipinski definition) is 1. The summed E-state index contributed by atoms with van der Waals surface area (Å²) in [7, 11) is 0. The van der Waals surface area contributed by atoms with Gasteiger partial charge < -0.3 is 10.2 Å². The van der Waals surface area contributed by atoms with Gasteiger partial charge in [-0.25, -0.2) is 0 Å². The van der Waals surface area contributed by atoms with Gasteiger partial charge in [-0.3, -0.25) is 9.59 Å². The third-order valence-electron chi connectivity index (χ3n) is 2.73. The molecule has 0 aromatic heterocycles. The Hall–Kier alpha value is -2.10. The quantitative estimate of drug-likeness (QED) is 0.605. The van der Waals surface area contributed by atoms with Crippen LogP contribution >= 0.6 is 0 Å². The van der Waals surface area contributed by atoms with Gasteiger partial charge in [0.05, 0.1) is 0 Å². The lowest BCUT2D eigenvalue weighted by Gasteiger charge is -2.16. The first kappa shape index (κ1) is 11.4. The van der Waals surface area contributed by atoms with Crippen LogP contribution in [0.2, 0.25) is 0 Å². The smallest absolute Gasteiger partial charge is 0.316 e. The molecule has 0 spiro atoms. The monoisotopic (exact) mass is 230 g/mol. The highest BCUT2D eigenvalue weighted by atomic mass is 16.2. The Kier molecular flexibility index (Phi) is 3.23. The van der Waals surface area contributed by atoms with E-state index in [1.807, 2.05) is 24.3 Å². The molecule has 4 heteroatoms. The number of rotatable bonds is 2. The maximum atomic E-state index is 11.9. The second-order valence-corrected chi connectivity index (χ2v) is 3.83. The summed E-state index contributed by atoms with van der Waals surface area (Å²) in [6.45, 7) is 4.36. The van der Waals surface area contributed by atoms with Crippen molar-refractivity contribution >= 4 is 17.5 Å². The number of benzene rings is 1. The molecule has 0 saturated carbocycles. The van der Waals surface area contributed by atoms with Crippen LogP contribution in [0, 0.1) is 0 Å². The highest BCUT2D eigenvalue weighted by Gasteiger charge is 2.28. The lowest BCUT2D eigenvalue weighted by Crippen LogP contribution is -2.42. The second kappa shape index (κ2) is 4.82. The Bertz CT molecular complexity index is 468. The molecule has 2 amide bonds. The number of nitrogens with one attached hydrogen (secondary N) is 1. The number of carbonyl (C=O) groups excluding carboxylic acids is 2. The van der Waals surface area contributed by atoms with Crippen molar-refractivity contribution in [1.29, 1.82) is 0 Å². The number of hydrogen-bond acceptors (Lipinski definition) is 2. The summed E-state index contributed by atoms with van der Waals surface area (Å²) in [5.41, 5.74) is 1.95. The zero-order valence-corrected chi connectivity index (χ0v) is 9.48. The number of fused-ring (bicyclic) bond motifs is 1. The fourth-order valence-corrected chi connectivity index (χ4v) is 1.91. The molecule has 1 aliphatic rings. The molecule has 0 unspecified atom stereocenters. The van der Waals surface area contributed by atoms with Crippen LogP contribution in [0.25, 0.3) is 0 Å². The van der Waals surface area contributed by atoms with Crippen molar-refractivity contribution in [3.63, 3.8) is 0 Å². The van der Waals surface area contributed by atoms with E-state index in [1.165, 1.54) is 4.90 Å². The van der Waals surface area contributed by atoms with E-state index in [-0.39, 0.29) is 0 Å². The largest absolute Gasteiger partial charge is 0.344 e. The lowest BCUT2D eigenvalue weighted by atomic mass is 10.2. The Morgan fingerprint density at radius 2 is 2.18 bits per heavy atom. The molecule has 17 heavy (non-hydrogen) atoms. The van der Waals surface area contributed by atoms with Gasteiger partial charge >= 0.3 is 11.8 Å².